The molecule has 0 saturated carbocycles. The Kier molecular flexibility index (Phi) is 9.35. The molecule has 0 unspecified atom stereocenters. The largest absolute Gasteiger partial charge is 0.389 e. The molecule has 0 amide bonds. The Balaban J connectivity index is 0.00000242. The highest BCUT2D eigenvalue weighted by Gasteiger charge is 2.32. The van der Waals surface area contributed by atoms with Crippen LogP contribution in [0.3, 0.4) is 0 Å². The number of hydrogen-bond acceptors (Lipinski definition) is 2. The molecule has 1 atom stereocenters. The number of alkyl halides is 3. The SMILES string of the molecule is Cl.Cl.Fc1ccc([C@H](CCC(F)(F)F)N2CCNCC2)c(F)c1. The predicted octanol–water partition coefficient (Wildman–Crippen LogP) is 4.10. The molecular weight excluding hydrogens is 362 g/mol. The van der Waals surface area contributed by atoms with Crippen LogP contribution < -0.4 is 5.32 Å². The quantitative estimate of drug-likeness (QED) is 0.791. The summed E-state index contributed by atoms with van der Waals surface area (Å²) < 4.78 is 64.3. The van der Waals surface area contributed by atoms with Gasteiger partial charge >= 0.3 is 6.18 Å². The van der Waals surface area contributed by atoms with Crippen LogP contribution in [0.25, 0.3) is 0 Å². The van der Waals surface area contributed by atoms with E-state index in [1.165, 1.54) is 6.07 Å². The van der Waals surface area contributed by atoms with Crippen LogP contribution in [-0.4, -0.2) is 37.3 Å². The molecule has 2 nitrogen and oxygen atoms in total. The van der Waals surface area contributed by atoms with Crippen LogP contribution in [0, 0.1) is 11.6 Å². The molecule has 0 spiro atoms. The molecular formula is C14H19Cl2F5N2. The molecule has 134 valence electrons. The first-order valence-corrected chi connectivity index (χ1v) is 6.83. The number of benzene rings is 1. The number of halogens is 7. The Morgan fingerprint density at radius 2 is 1.70 bits per heavy atom. The molecule has 1 aromatic carbocycles. The molecule has 2 rings (SSSR count). The average Bonchev–Trinajstić information content (AvgIpc) is 2.41. The van der Waals surface area contributed by atoms with Crippen molar-refractivity contribution >= 4 is 24.8 Å². The van der Waals surface area contributed by atoms with E-state index in [2.05, 4.69) is 5.32 Å². The summed E-state index contributed by atoms with van der Waals surface area (Å²) in [6, 6.07) is 2.36. The van der Waals surface area contributed by atoms with Crippen LogP contribution in [0.5, 0.6) is 0 Å². The fraction of sp³-hybridized carbons (Fsp3) is 0.571. The van der Waals surface area contributed by atoms with Gasteiger partial charge in [0.2, 0.25) is 0 Å². The van der Waals surface area contributed by atoms with E-state index in [-0.39, 0.29) is 36.8 Å². The molecule has 0 aliphatic carbocycles. The van der Waals surface area contributed by atoms with Crippen LogP contribution in [0.2, 0.25) is 0 Å². The van der Waals surface area contributed by atoms with E-state index < -0.39 is 30.3 Å². The minimum Gasteiger partial charge on any atom is -0.314 e. The van der Waals surface area contributed by atoms with Gasteiger partial charge in [0.15, 0.2) is 0 Å². The minimum atomic E-state index is -4.29. The summed E-state index contributed by atoms with van der Waals surface area (Å²) in [7, 11) is 0. The van der Waals surface area contributed by atoms with Crippen molar-refractivity contribution in [2.75, 3.05) is 26.2 Å². The van der Waals surface area contributed by atoms with Crippen LogP contribution in [0.15, 0.2) is 18.2 Å². The van der Waals surface area contributed by atoms with Crippen molar-refractivity contribution in [3.05, 3.63) is 35.4 Å². The molecule has 0 bridgehead atoms. The lowest BCUT2D eigenvalue weighted by molar-refractivity contribution is -0.138. The highest BCUT2D eigenvalue weighted by atomic mass is 35.5. The Bertz CT molecular complexity index is 479. The van der Waals surface area contributed by atoms with Gasteiger partial charge in [0.25, 0.3) is 0 Å². The van der Waals surface area contributed by atoms with Crippen molar-refractivity contribution in [3.63, 3.8) is 0 Å². The maximum Gasteiger partial charge on any atom is 0.389 e. The summed E-state index contributed by atoms with van der Waals surface area (Å²) in [6.07, 6.45) is -5.51. The Morgan fingerprint density at radius 3 is 2.22 bits per heavy atom. The van der Waals surface area contributed by atoms with E-state index in [4.69, 9.17) is 0 Å². The zero-order valence-corrected chi connectivity index (χ0v) is 13.8. The molecule has 1 aliphatic heterocycles. The van der Waals surface area contributed by atoms with Gasteiger partial charge in [-0.25, -0.2) is 8.78 Å². The van der Waals surface area contributed by atoms with Crippen molar-refractivity contribution in [1.82, 2.24) is 10.2 Å². The van der Waals surface area contributed by atoms with E-state index >= 15 is 0 Å². The molecule has 1 aliphatic rings. The standard InChI is InChI=1S/C14H17F5N2.2ClH/c15-10-1-2-11(12(16)9-10)13(3-4-14(17,18)19)21-7-5-20-6-8-21;;/h1-2,9,13,20H,3-8H2;2*1H/t13-;;/m0../s1. The maximum absolute atomic E-state index is 13.9. The fourth-order valence-corrected chi connectivity index (χ4v) is 2.60. The number of nitrogens with zero attached hydrogens (tertiary/aromatic N) is 1. The van der Waals surface area contributed by atoms with E-state index in [1.807, 2.05) is 4.90 Å². The van der Waals surface area contributed by atoms with Gasteiger partial charge in [0.05, 0.1) is 0 Å². The second-order valence-corrected chi connectivity index (χ2v) is 5.12. The van der Waals surface area contributed by atoms with Gasteiger partial charge in [-0.3, -0.25) is 4.90 Å². The molecule has 23 heavy (non-hydrogen) atoms. The average molecular weight is 381 g/mol. The van der Waals surface area contributed by atoms with Crippen molar-refractivity contribution in [2.45, 2.75) is 25.1 Å². The van der Waals surface area contributed by atoms with Crippen LogP contribution in [-0.2, 0) is 0 Å². The molecule has 0 radical (unpaired) electrons. The lowest BCUT2D eigenvalue weighted by Gasteiger charge is -2.35. The first-order valence-electron chi connectivity index (χ1n) is 6.83. The Morgan fingerprint density at radius 1 is 1.09 bits per heavy atom. The topological polar surface area (TPSA) is 15.3 Å². The zero-order valence-electron chi connectivity index (χ0n) is 12.2. The van der Waals surface area contributed by atoms with Crippen LogP contribution >= 0.6 is 24.8 Å². The third kappa shape index (κ3) is 6.79. The van der Waals surface area contributed by atoms with E-state index in [0.29, 0.717) is 26.2 Å². The molecule has 0 aromatic heterocycles. The van der Waals surface area contributed by atoms with Gasteiger partial charge in [-0.1, -0.05) is 6.07 Å². The zero-order chi connectivity index (χ0) is 15.5. The second kappa shape index (κ2) is 9.61. The van der Waals surface area contributed by atoms with Gasteiger partial charge in [0.1, 0.15) is 11.6 Å². The van der Waals surface area contributed by atoms with Gasteiger partial charge in [-0.05, 0) is 12.5 Å². The first kappa shape index (κ1) is 22.4. The van der Waals surface area contributed by atoms with Gasteiger partial charge in [-0.15, -0.1) is 24.8 Å². The number of hydrogen-bond donors (Lipinski definition) is 1. The highest BCUT2D eigenvalue weighted by Crippen LogP contribution is 2.33. The van der Waals surface area contributed by atoms with E-state index in [9.17, 15) is 22.0 Å². The fourth-order valence-electron chi connectivity index (χ4n) is 2.60. The van der Waals surface area contributed by atoms with Crippen molar-refractivity contribution in [2.24, 2.45) is 0 Å². The van der Waals surface area contributed by atoms with Gasteiger partial charge in [-0.2, -0.15) is 13.2 Å². The molecule has 9 heteroatoms. The molecule has 1 N–H and O–H groups in total. The summed E-state index contributed by atoms with van der Waals surface area (Å²) in [5, 5.41) is 3.10. The lowest BCUT2D eigenvalue weighted by Crippen LogP contribution is -2.45. The molecule has 1 fully saturated rings. The molecule has 1 heterocycles. The minimum absolute atomic E-state index is 0. The molecule has 1 saturated heterocycles. The lowest BCUT2D eigenvalue weighted by atomic mass is 9.98. The monoisotopic (exact) mass is 380 g/mol. The summed E-state index contributed by atoms with van der Waals surface area (Å²) in [5.74, 6) is -1.52. The summed E-state index contributed by atoms with van der Waals surface area (Å²) >= 11 is 0. The van der Waals surface area contributed by atoms with E-state index in [0.717, 1.165) is 12.1 Å². The number of piperazine rings is 1. The van der Waals surface area contributed by atoms with Gasteiger partial charge < -0.3 is 5.32 Å². The normalized spacial score (nSPS) is 17.1. The maximum atomic E-state index is 13.9. The number of nitrogens with one attached hydrogen (secondary N) is 1. The predicted molar refractivity (Wildman–Crippen MR) is 83.3 cm³/mol. The third-order valence-electron chi connectivity index (χ3n) is 3.62. The van der Waals surface area contributed by atoms with Gasteiger partial charge in [0, 0.05) is 50.3 Å². The number of rotatable bonds is 4. The second-order valence-electron chi connectivity index (χ2n) is 5.12. The van der Waals surface area contributed by atoms with E-state index in [1.54, 1.807) is 0 Å². The third-order valence-corrected chi connectivity index (χ3v) is 3.62. The van der Waals surface area contributed by atoms with Crippen molar-refractivity contribution < 1.29 is 22.0 Å². The molecule has 1 aromatic rings. The van der Waals surface area contributed by atoms with Crippen LogP contribution in [0.4, 0.5) is 22.0 Å². The van der Waals surface area contributed by atoms with Crippen LogP contribution in [0.1, 0.15) is 24.4 Å². The Hall–Kier alpha value is -0.630. The Labute approximate surface area is 144 Å². The summed E-state index contributed by atoms with van der Waals surface area (Å²) in [6.45, 7) is 2.37. The smallest absolute Gasteiger partial charge is 0.314 e. The highest BCUT2D eigenvalue weighted by molar-refractivity contribution is 5.85. The summed E-state index contributed by atoms with van der Waals surface area (Å²) in [5.41, 5.74) is 0.127. The van der Waals surface area contributed by atoms with Crippen molar-refractivity contribution in [3.8, 4) is 0 Å². The first-order chi connectivity index (χ1) is 9.87. The van der Waals surface area contributed by atoms with Crippen molar-refractivity contribution in [1.29, 1.82) is 0 Å². The summed E-state index contributed by atoms with van der Waals surface area (Å²) in [4.78, 5) is 1.82.